The average Bonchev–Trinajstić information content (AvgIpc) is 2.65. The normalized spacial score (nSPS) is 11.9. The Balaban J connectivity index is 2.41. The van der Waals surface area contributed by atoms with Gasteiger partial charge in [0.15, 0.2) is 0 Å². The lowest BCUT2D eigenvalue weighted by atomic mass is 10.7. The van der Waals surface area contributed by atoms with Gasteiger partial charge >= 0.3 is 0 Å². The van der Waals surface area contributed by atoms with Gasteiger partial charge in [0.1, 0.15) is 4.90 Å². The maximum atomic E-state index is 11.6. The molecule has 0 atom stereocenters. The van der Waals surface area contributed by atoms with Crippen LogP contribution in [0.1, 0.15) is 0 Å². The Bertz CT molecular complexity index is 415. The number of ether oxygens (including phenoxy) is 1. The zero-order valence-corrected chi connectivity index (χ0v) is 9.90. The van der Waals surface area contributed by atoms with E-state index in [1.165, 1.54) is 17.1 Å². The third-order valence-corrected chi connectivity index (χ3v) is 3.21. The molecule has 0 bridgehead atoms. The molecule has 16 heavy (non-hydrogen) atoms. The molecular formula is C8H16N4O3S. The summed E-state index contributed by atoms with van der Waals surface area (Å²) in [6.07, 6.45) is 2.73. The van der Waals surface area contributed by atoms with Gasteiger partial charge in [-0.1, -0.05) is 0 Å². The van der Waals surface area contributed by atoms with Crippen molar-refractivity contribution in [2.75, 3.05) is 26.3 Å². The number of hydrogen-bond donors (Lipinski definition) is 2. The van der Waals surface area contributed by atoms with E-state index in [1.54, 1.807) is 7.05 Å². The molecule has 0 aliphatic heterocycles. The third kappa shape index (κ3) is 3.89. The summed E-state index contributed by atoms with van der Waals surface area (Å²) in [5, 5.41) is 3.79. The molecule has 3 N–H and O–H groups in total. The summed E-state index contributed by atoms with van der Waals surface area (Å²) >= 11 is 0. The van der Waals surface area contributed by atoms with E-state index in [9.17, 15) is 8.42 Å². The maximum Gasteiger partial charge on any atom is 0.243 e. The van der Waals surface area contributed by atoms with Crippen LogP contribution in [0.3, 0.4) is 0 Å². The van der Waals surface area contributed by atoms with Crippen molar-refractivity contribution in [3.63, 3.8) is 0 Å². The molecule has 92 valence electrons. The van der Waals surface area contributed by atoms with Gasteiger partial charge in [-0.15, -0.1) is 0 Å². The van der Waals surface area contributed by atoms with Gasteiger partial charge < -0.3 is 10.5 Å². The molecule has 0 amide bonds. The predicted octanol–water partition coefficient (Wildman–Crippen LogP) is -1.33. The van der Waals surface area contributed by atoms with Gasteiger partial charge in [-0.05, 0) is 0 Å². The highest BCUT2D eigenvalue weighted by Crippen LogP contribution is 2.04. The first-order valence-corrected chi connectivity index (χ1v) is 6.30. The number of nitrogens with one attached hydrogen (secondary N) is 1. The smallest absolute Gasteiger partial charge is 0.243 e. The Morgan fingerprint density at radius 1 is 1.56 bits per heavy atom. The lowest BCUT2D eigenvalue weighted by Crippen LogP contribution is -2.27. The molecule has 1 heterocycles. The average molecular weight is 248 g/mol. The first-order chi connectivity index (χ1) is 7.56. The fraction of sp³-hybridized carbons (Fsp3) is 0.625. The minimum atomic E-state index is -3.47. The van der Waals surface area contributed by atoms with Gasteiger partial charge in [0.25, 0.3) is 0 Å². The minimum Gasteiger partial charge on any atom is -0.379 e. The highest BCUT2D eigenvalue weighted by Gasteiger charge is 2.14. The zero-order chi connectivity index (χ0) is 12.0. The number of rotatable bonds is 7. The maximum absolute atomic E-state index is 11.6. The van der Waals surface area contributed by atoms with Crippen LogP contribution in [0.4, 0.5) is 0 Å². The summed E-state index contributed by atoms with van der Waals surface area (Å²) in [5.74, 6) is 0. The largest absolute Gasteiger partial charge is 0.379 e. The fourth-order valence-corrected chi connectivity index (χ4v) is 2.05. The number of hydrogen-bond acceptors (Lipinski definition) is 5. The number of aromatic nitrogens is 2. The summed E-state index contributed by atoms with van der Waals surface area (Å²) in [4.78, 5) is 0.147. The van der Waals surface area contributed by atoms with E-state index >= 15 is 0 Å². The van der Waals surface area contributed by atoms with E-state index in [2.05, 4.69) is 9.82 Å². The molecule has 1 rings (SSSR count). The number of nitrogens with zero attached hydrogens (tertiary/aromatic N) is 2. The molecule has 0 fully saturated rings. The Labute approximate surface area is 94.6 Å². The first-order valence-electron chi connectivity index (χ1n) is 4.82. The van der Waals surface area contributed by atoms with Crippen LogP contribution in [0.15, 0.2) is 17.3 Å². The van der Waals surface area contributed by atoms with Gasteiger partial charge in [-0.25, -0.2) is 13.1 Å². The van der Waals surface area contributed by atoms with E-state index < -0.39 is 10.0 Å². The summed E-state index contributed by atoms with van der Waals surface area (Å²) in [5.41, 5.74) is 5.22. The number of nitrogens with two attached hydrogens (primary N) is 1. The summed E-state index contributed by atoms with van der Waals surface area (Å²) in [6.45, 7) is 1.37. The second kappa shape index (κ2) is 5.94. The minimum absolute atomic E-state index is 0.147. The van der Waals surface area contributed by atoms with Crippen LogP contribution in [0.2, 0.25) is 0 Å². The first kappa shape index (κ1) is 13.1. The Hall–Kier alpha value is -0.960. The van der Waals surface area contributed by atoms with Crippen molar-refractivity contribution in [3.05, 3.63) is 12.4 Å². The second-order valence-electron chi connectivity index (χ2n) is 3.15. The van der Waals surface area contributed by atoms with Gasteiger partial charge in [-0.3, -0.25) is 4.68 Å². The Morgan fingerprint density at radius 3 is 2.88 bits per heavy atom. The van der Waals surface area contributed by atoms with Gasteiger partial charge in [0.2, 0.25) is 10.0 Å². The van der Waals surface area contributed by atoms with Crippen LogP contribution in [0.5, 0.6) is 0 Å². The van der Waals surface area contributed by atoms with Crippen molar-refractivity contribution in [1.82, 2.24) is 14.5 Å². The van der Waals surface area contributed by atoms with Crippen molar-refractivity contribution < 1.29 is 13.2 Å². The van der Waals surface area contributed by atoms with Crippen LogP contribution in [-0.2, 0) is 21.8 Å². The molecule has 1 aromatic heterocycles. The highest BCUT2D eigenvalue weighted by atomic mass is 32.2. The molecule has 0 aliphatic rings. The van der Waals surface area contributed by atoms with Crippen LogP contribution in [0.25, 0.3) is 0 Å². The van der Waals surface area contributed by atoms with E-state index in [0.29, 0.717) is 19.8 Å². The van der Waals surface area contributed by atoms with Crippen LogP contribution >= 0.6 is 0 Å². The fourth-order valence-electron chi connectivity index (χ4n) is 1.05. The molecule has 0 spiro atoms. The van der Waals surface area contributed by atoms with Crippen LogP contribution < -0.4 is 10.5 Å². The summed E-state index contributed by atoms with van der Waals surface area (Å²) in [7, 11) is -1.82. The number of aryl methyl sites for hydroxylation is 1. The van der Waals surface area contributed by atoms with Gasteiger partial charge in [0, 0.05) is 26.3 Å². The monoisotopic (exact) mass is 248 g/mol. The summed E-state index contributed by atoms with van der Waals surface area (Å²) < 4.78 is 32.1. The molecule has 0 aromatic carbocycles. The van der Waals surface area contributed by atoms with E-state index in [0.717, 1.165) is 0 Å². The predicted molar refractivity (Wildman–Crippen MR) is 58.3 cm³/mol. The van der Waals surface area contributed by atoms with Crippen molar-refractivity contribution in [2.24, 2.45) is 12.8 Å². The molecule has 0 radical (unpaired) electrons. The summed E-state index contributed by atoms with van der Waals surface area (Å²) in [6, 6.07) is 0. The molecule has 8 heteroatoms. The van der Waals surface area contributed by atoms with Crippen molar-refractivity contribution >= 4 is 10.0 Å². The standard InChI is InChI=1S/C8H16N4O3S/c1-12-7-8(6-10-12)16(13,14)11-3-5-15-4-2-9/h6-7,11H,2-5,9H2,1H3. The second-order valence-corrected chi connectivity index (χ2v) is 4.92. The molecular weight excluding hydrogens is 232 g/mol. The van der Waals surface area contributed by atoms with E-state index in [-0.39, 0.29) is 11.4 Å². The molecule has 0 saturated heterocycles. The Morgan fingerprint density at radius 2 is 2.31 bits per heavy atom. The molecule has 7 nitrogen and oxygen atoms in total. The van der Waals surface area contributed by atoms with Crippen molar-refractivity contribution in [2.45, 2.75) is 4.90 Å². The SMILES string of the molecule is Cn1cc(S(=O)(=O)NCCOCCN)cn1. The zero-order valence-electron chi connectivity index (χ0n) is 9.09. The van der Waals surface area contributed by atoms with Crippen molar-refractivity contribution in [1.29, 1.82) is 0 Å². The van der Waals surface area contributed by atoms with E-state index in [1.807, 2.05) is 0 Å². The quantitative estimate of drug-likeness (QED) is 0.583. The molecule has 0 unspecified atom stereocenters. The lowest BCUT2D eigenvalue weighted by Gasteiger charge is -2.04. The van der Waals surface area contributed by atoms with Gasteiger partial charge in [-0.2, -0.15) is 5.10 Å². The lowest BCUT2D eigenvalue weighted by molar-refractivity contribution is 0.147. The highest BCUT2D eigenvalue weighted by molar-refractivity contribution is 7.89. The molecule has 1 aromatic rings. The molecule has 0 saturated carbocycles. The van der Waals surface area contributed by atoms with E-state index in [4.69, 9.17) is 10.5 Å². The number of sulfonamides is 1. The Kier molecular flexibility index (Phi) is 4.87. The topological polar surface area (TPSA) is 99.2 Å². The van der Waals surface area contributed by atoms with Crippen LogP contribution in [0, 0.1) is 0 Å². The molecule has 0 aliphatic carbocycles. The third-order valence-electron chi connectivity index (χ3n) is 1.79. The van der Waals surface area contributed by atoms with Crippen molar-refractivity contribution in [3.8, 4) is 0 Å². The van der Waals surface area contributed by atoms with Gasteiger partial charge in [0.05, 0.1) is 19.4 Å². The van der Waals surface area contributed by atoms with Crippen LogP contribution in [-0.4, -0.2) is 44.5 Å².